The zero-order chi connectivity index (χ0) is 20.4. The molecule has 29 heavy (non-hydrogen) atoms. The van der Waals surface area contributed by atoms with Gasteiger partial charge in [0.25, 0.3) is 0 Å². The van der Waals surface area contributed by atoms with E-state index in [1.54, 1.807) is 6.20 Å². The highest BCUT2D eigenvalue weighted by atomic mass is 19.2. The molecule has 4 rings (SSSR count). The van der Waals surface area contributed by atoms with Crippen LogP contribution in [0.2, 0.25) is 0 Å². The maximum Gasteiger partial charge on any atom is 0.319 e. The molecule has 152 valence electrons. The summed E-state index contributed by atoms with van der Waals surface area (Å²) < 4.78 is 27.4. The van der Waals surface area contributed by atoms with Crippen LogP contribution in [0.1, 0.15) is 31.4 Å². The van der Waals surface area contributed by atoms with Crippen LogP contribution in [0.4, 0.5) is 25.1 Å². The number of fused-ring (bicyclic) bond motifs is 1. The fraction of sp³-hybridized carbons (Fsp3) is 0.368. The Labute approximate surface area is 165 Å². The zero-order valence-electron chi connectivity index (χ0n) is 15.9. The average molecular weight is 401 g/mol. The molecule has 1 unspecified atom stereocenters. The molecule has 2 aromatic heterocycles. The number of benzene rings is 1. The number of carbonyl (C=O) groups is 1. The summed E-state index contributed by atoms with van der Waals surface area (Å²) in [4.78, 5) is 22.3. The van der Waals surface area contributed by atoms with Crippen molar-refractivity contribution in [1.29, 1.82) is 0 Å². The minimum absolute atomic E-state index is 0.0680. The van der Waals surface area contributed by atoms with Crippen molar-refractivity contribution >= 4 is 28.4 Å². The Morgan fingerprint density at radius 3 is 2.97 bits per heavy atom. The second-order valence-corrected chi connectivity index (χ2v) is 6.95. The van der Waals surface area contributed by atoms with Crippen LogP contribution in [-0.2, 0) is 0 Å². The fourth-order valence-electron chi connectivity index (χ4n) is 3.73. The number of rotatable bonds is 4. The van der Waals surface area contributed by atoms with Crippen molar-refractivity contribution in [1.82, 2.24) is 25.5 Å². The lowest BCUT2D eigenvalue weighted by Gasteiger charge is -2.34. The Kier molecular flexibility index (Phi) is 5.24. The van der Waals surface area contributed by atoms with E-state index in [1.807, 2.05) is 11.8 Å². The van der Waals surface area contributed by atoms with Gasteiger partial charge in [-0.2, -0.15) is 5.10 Å². The first-order chi connectivity index (χ1) is 14.1. The van der Waals surface area contributed by atoms with Gasteiger partial charge in [0.15, 0.2) is 11.6 Å². The number of carbonyl (C=O) groups excluding carboxylic acids is 1. The Bertz CT molecular complexity index is 1040. The highest BCUT2D eigenvalue weighted by Crippen LogP contribution is 2.34. The second-order valence-electron chi connectivity index (χ2n) is 6.95. The molecule has 3 N–H and O–H groups in total. The van der Waals surface area contributed by atoms with Crippen molar-refractivity contribution in [3.05, 3.63) is 42.0 Å². The molecule has 0 saturated carbocycles. The van der Waals surface area contributed by atoms with E-state index in [0.717, 1.165) is 37.2 Å². The third kappa shape index (κ3) is 3.82. The van der Waals surface area contributed by atoms with Crippen LogP contribution in [0.25, 0.3) is 10.9 Å². The van der Waals surface area contributed by atoms with E-state index in [-0.39, 0.29) is 11.9 Å². The number of nitrogens with zero attached hydrogens (tertiary/aromatic N) is 4. The van der Waals surface area contributed by atoms with E-state index in [0.29, 0.717) is 35.5 Å². The first-order valence-electron chi connectivity index (χ1n) is 9.49. The molecule has 0 radical (unpaired) electrons. The molecule has 1 fully saturated rings. The van der Waals surface area contributed by atoms with Gasteiger partial charge in [-0.3, -0.25) is 5.10 Å². The lowest BCUT2D eigenvalue weighted by molar-refractivity contribution is 0.252. The Morgan fingerprint density at radius 2 is 2.14 bits per heavy atom. The van der Waals surface area contributed by atoms with Crippen molar-refractivity contribution in [2.45, 2.75) is 25.7 Å². The molecule has 1 atom stereocenters. The van der Waals surface area contributed by atoms with Crippen LogP contribution in [0.3, 0.4) is 0 Å². The molecule has 8 nitrogen and oxygen atoms in total. The normalized spacial score (nSPS) is 16.8. The quantitative estimate of drug-likeness (QED) is 0.624. The number of nitrogens with one attached hydrogen (secondary N) is 3. The Hall–Kier alpha value is -3.30. The predicted molar refractivity (Wildman–Crippen MR) is 105 cm³/mol. The van der Waals surface area contributed by atoms with E-state index in [2.05, 4.69) is 30.8 Å². The van der Waals surface area contributed by atoms with Crippen LogP contribution in [0, 0.1) is 11.6 Å². The van der Waals surface area contributed by atoms with E-state index in [9.17, 15) is 13.6 Å². The summed E-state index contributed by atoms with van der Waals surface area (Å²) in [6.45, 7) is 3.69. The third-order valence-electron chi connectivity index (χ3n) is 5.04. The van der Waals surface area contributed by atoms with Crippen LogP contribution < -0.4 is 15.5 Å². The molecular weight excluding hydrogens is 380 g/mol. The molecule has 0 spiro atoms. The Morgan fingerprint density at radius 1 is 1.31 bits per heavy atom. The summed E-state index contributed by atoms with van der Waals surface area (Å²) in [6.07, 6.45) is 4.72. The minimum atomic E-state index is -0.933. The lowest BCUT2D eigenvalue weighted by Crippen LogP contribution is -2.36. The summed E-state index contributed by atoms with van der Waals surface area (Å²) in [7, 11) is 0. The molecule has 0 aliphatic carbocycles. The molecular formula is C19H21F2N7O. The van der Waals surface area contributed by atoms with Gasteiger partial charge in [0, 0.05) is 37.0 Å². The van der Waals surface area contributed by atoms with Gasteiger partial charge < -0.3 is 15.5 Å². The summed E-state index contributed by atoms with van der Waals surface area (Å²) in [6, 6.07) is 1.93. The number of urea groups is 1. The zero-order valence-corrected chi connectivity index (χ0v) is 15.9. The standard InChI is InChI=1S/C19H21F2N7O/c1-2-22-19(29)26-16-8-25-27-17(16)11-4-3-5-28(9-11)18-12-6-13(20)14(21)7-15(12)23-10-24-18/h6-8,10-11H,2-5,9H2,1H3,(H,25,27)(H2,22,26,29). The fourth-order valence-corrected chi connectivity index (χ4v) is 3.73. The number of aromatic nitrogens is 4. The monoisotopic (exact) mass is 401 g/mol. The van der Waals surface area contributed by atoms with Crippen molar-refractivity contribution in [3.63, 3.8) is 0 Å². The van der Waals surface area contributed by atoms with Crippen molar-refractivity contribution in [3.8, 4) is 0 Å². The molecule has 0 bridgehead atoms. The average Bonchev–Trinajstić information content (AvgIpc) is 3.17. The smallest absolute Gasteiger partial charge is 0.319 e. The number of amides is 2. The van der Waals surface area contributed by atoms with Gasteiger partial charge in [-0.15, -0.1) is 0 Å². The van der Waals surface area contributed by atoms with E-state index in [1.165, 1.54) is 6.33 Å². The summed E-state index contributed by atoms with van der Waals surface area (Å²) >= 11 is 0. The minimum Gasteiger partial charge on any atom is -0.355 e. The molecule has 10 heteroatoms. The molecule has 3 aromatic rings. The Balaban J connectivity index is 1.60. The molecule has 3 heterocycles. The first-order valence-corrected chi connectivity index (χ1v) is 9.49. The highest BCUT2D eigenvalue weighted by Gasteiger charge is 2.27. The first kappa shape index (κ1) is 19.0. The number of piperidine rings is 1. The van der Waals surface area contributed by atoms with E-state index in [4.69, 9.17) is 0 Å². The van der Waals surface area contributed by atoms with Crippen molar-refractivity contribution in [2.75, 3.05) is 29.9 Å². The number of hydrogen-bond acceptors (Lipinski definition) is 5. The molecule has 1 aliphatic heterocycles. The predicted octanol–water partition coefficient (Wildman–Crippen LogP) is 3.16. The summed E-state index contributed by atoms with van der Waals surface area (Å²) in [5.74, 6) is -1.23. The van der Waals surface area contributed by atoms with Crippen LogP contribution in [0.15, 0.2) is 24.7 Å². The SMILES string of the molecule is CCNC(=O)Nc1cn[nH]c1C1CCCN(c2ncnc3cc(F)c(F)cc23)C1. The largest absolute Gasteiger partial charge is 0.355 e. The van der Waals surface area contributed by atoms with Gasteiger partial charge in [-0.25, -0.2) is 23.5 Å². The maximum atomic E-state index is 13.8. The van der Waals surface area contributed by atoms with Crippen LogP contribution >= 0.6 is 0 Å². The lowest BCUT2D eigenvalue weighted by atomic mass is 9.94. The topological polar surface area (TPSA) is 98.8 Å². The van der Waals surface area contributed by atoms with Gasteiger partial charge in [0.2, 0.25) is 0 Å². The van der Waals surface area contributed by atoms with Gasteiger partial charge >= 0.3 is 6.03 Å². The van der Waals surface area contributed by atoms with Crippen molar-refractivity contribution < 1.29 is 13.6 Å². The molecule has 1 saturated heterocycles. The van der Waals surface area contributed by atoms with Gasteiger partial charge in [0.05, 0.1) is 23.1 Å². The van der Waals surface area contributed by atoms with Crippen LogP contribution in [-0.4, -0.2) is 45.8 Å². The van der Waals surface area contributed by atoms with E-state index < -0.39 is 11.6 Å². The molecule has 1 aliphatic rings. The summed E-state index contributed by atoms with van der Waals surface area (Å²) in [5.41, 5.74) is 1.82. The van der Waals surface area contributed by atoms with Gasteiger partial charge in [-0.1, -0.05) is 0 Å². The van der Waals surface area contributed by atoms with Gasteiger partial charge in [0.1, 0.15) is 12.1 Å². The number of anilines is 2. The second kappa shape index (κ2) is 7.98. The number of hydrogen-bond donors (Lipinski definition) is 3. The van der Waals surface area contributed by atoms with Crippen molar-refractivity contribution in [2.24, 2.45) is 0 Å². The summed E-state index contributed by atoms with van der Waals surface area (Å²) in [5, 5.41) is 13.0. The number of H-pyrrole nitrogens is 1. The van der Waals surface area contributed by atoms with E-state index >= 15 is 0 Å². The molecule has 1 aromatic carbocycles. The number of aromatic amines is 1. The third-order valence-corrected chi connectivity index (χ3v) is 5.04. The van der Waals surface area contributed by atoms with Crippen LogP contribution in [0.5, 0.6) is 0 Å². The maximum absolute atomic E-state index is 13.8. The molecule has 2 amide bonds. The van der Waals surface area contributed by atoms with Gasteiger partial charge in [-0.05, 0) is 25.8 Å². The number of halogens is 2. The highest BCUT2D eigenvalue weighted by molar-refractivity contribution is 5.90.